The summed E-state index contributed by atoms with van der Waals surface area (Å²) in [5, 5.41) is 42.6. The van der Waals surface area contributed by atoms with Crippen LogP contribution in [-0.4, -0.2) is 147 Å². The molecule has 0 saturated carbocycles. The molecule has 7 atom stereocenters. The quantitative estimate of drug-likeness (QED) is 0.0235. The predicted molar refractivity (Wildman–Crippen MR) is 191 cm³/mol. The molecule has 0 aliphatic heterocycles. The van der Waals surface area contributed by atoms with Crippen LogP contribution in [0.25, 0.3) is 0 Å². The first-order chi connectivity index (χ1) is 26.2. The van der Waals surface area contributed by atoms with Gasteiger partial charge in [-0.15, -0.1) is 0 Å². The third-order valence-electron chi connectivity index (χ3n) is 7.57. The second kappa shape index (κ2) is 24.1. The zero-order valence-electron chi connectivity index (χ0n) is 30.4. The van der Waals surface area contributed by atoms with E-state index < -0.39 is 128 Å². The van der Waals surface area contributed by atoms with E-state index in [1.54, 1.807) is 0 Å². The van der Waals surface area contributed by atoms with Crippen LogP contribution in [-0.2, 0) is 49.6 Å². The summed E-state index contributed by atoms with van der Waals surface area (Å²) in [5.74, 6) is -9.88. The number of aromatic amines is 1. The molecule has 0 saturated heterocycles. The molecule has 1 aromatic heterocycles. The summed E-state index contributed by atoms with van der Waals surface area (Å²) in [7, 11) is 0. The van der Waals surface area contributed by atoms with Crippen LogP contribution in [0.5, 0.6) is 0 Å². The molecule has 0 spiro atoms. The lowest BCUT2D eigenvalue weighted by atomic mass is 10.1. The number of amides is 8. The number of rotatable bonds is 26. The minimum atomic E-state index is -1.77. The molecule has 26 heteroatoms. The number of carbonyl (C=O) groups excluding carboxylic acids is 8. The second-order valence-electron chi connectivity index (χ2n) is 12.3. The normalized spacial score (nSPS) is 14.5. The van der Waals surface area contributed by atoms with Crippen LogP contribution in [0.15, 0.2) is 17.5 Å². The van der Waals surface area contributed by atoms with Gasteiger partial charge in [-0.3, -0.25) is 43.3 Å². The Morgan fingerprint density at radius 2 is 1.41 bits per heavy atom. The number of nitrogens with one attached hydrogen (secondary N) is 7. The van der Waals surface area contributed by atoms with E-state index >= 15 is 0 Å². The second-order valence-corrected chi connectivity index (χ2v) is 12.3. The van der Waals surface area contributed by atoms with Crippen LogP contribution in [0, 0.1) is 0 Å². The Morgan fingerprint density at radius 1 is 0.804 bits per heavy atom. The van der Waals surface area contributed by atoms with E-state index in [-0.39, 0.29) is 31.0 Å². The Bertz CT molecular complexity index is 1570. The fourth-order valence-electron chi connectivity index (χ4n) is 4.63. The van der Waals surface area contributed by atoms with Crippen molar-refractivity contribution < 1.29 is 58.5 Å². The lowest BCUT2D eigenvalue weighted by Gasteiger charge is -2.25. The first kappa shape index (κ1) is 47.6. The van der Waals surface area contributed by atoms with Crippen molar-refractivity contribution in [3.05, 3.63) is 18.2 Å². The smallest absolute Gasteiger partial charge is 0.326 e. The van der Waals surface area contributed by atoms with Gasteiger partial charge >= 0.3 is 5.97 Å². The molecule has 0 fully saturated rings. The molecule has 0 aliphatic carbocycles. The van der Waals surface area contributed by atoms with Crippen molar-refractivity contribution in [1.29, 1.82) is 0 Å². The number of carboxylic acid groups (broad SMARTS) is 1. The number of H-pyrrole nitrogens is 1. The van der Waals surface area contributed by atoms with E-state index in [0.29, 0.717) is 6.42 Å². The highest BCUT2D eigenvalue weighted by atomic mass is 16.4. The monoisotopic (exact) mass is 798 g/mol. The topological polar surface area (TPSA) is 458 Å². The Morgan fingerprint density at radius 3 is 1.95 bits per heavy atom. The molecule has 1 rings (SSSR count). The number of primary amides is 2. The standard InChI is InChI=1S/C30H50N14O12/c1-13(46)23(44-24(50)15(31)3-2-6-37-30(34)35)28(54)38-10-22(49)40-19(11-45)27(53)42-17(7-14-9-36-12-39-14)25(51)43-18(8-21(33)48)26(52)41-16(29(55)56)4-5-20(32)47/h9,12-13,15-19,23,45-46H,2-8,10-11,31H2,1H3,(H2,32,47)(H2,33,48)(H,36,39)(H,38,54)(H,40,49)(H,41,52)(H,42,53)(H,43,51)(H,44,50)(H,55,56)(H4,34,35,37)/t13-,15+,16+,17+,18+,19+,23+/m1/s1. The highest BCUT2D eigenvalue weighted by Gasteiger charge is 2.33. The summed E-state index contributed by atoms with van der Waals surface area (Å²) in [4.78, 5) is 122. The van der Waals surface area contributed by atoms with Gasteiger partial charge in [-0.25, -0.2) is 9.78 Å². The third-order valence-corrected chi connectivity index (χ3v) is 7.57. The molecule has 1 aromatic rings. The van der Waals surface area contributed by atoms with E-state index in [1.165, 1.54) is 19.4 Å². The van der Waals surface area contributed by atoms with Crippen LogP contribution in [0.4, 0.5) is 0 Å². The average Bonchev–Trinajstić information content (AvgIpc) is 3.63. The van der Waals surface area contributed by atoms with Crippen molar-refractivity contribution in [1.82, 2.24) is 41.9 Å². The molecule has 0 radical (unpaired) electrons. The Labute approximate surface area is 318 Å². The van der Waals surface area contributed by atoms with Crippen molar-refractivity contribution in [3.63, 3.8) is 0 Å². The van der Waals surface area contributed by atoms with Crippen molar-refractivity contribution >= 4 is 59.2 Å². The molecule has 26 nitrogen and oxygen atoms in total. The zero-order chi connectivity index (χ0) is 42.5. The Hall–Kier alpha value is -6.41. The number of guanidine groups is 1. The Kier molecular flexibility index (Phi) is 20.5. The number of carbonyl (C=O) groups is 9. The summed E-state index contributed by atoms with van der Waals surface area (Å²) in [5.41, 5.74) is 26.9. The molecule has 20 N–H and O–H groups in total. The van der Waals surface area contributed by atoms with Gasteiger partial charge in [0.15, 0.2) is 5.96 Å². The first-order valence-electron chi connectivity index (χ1n) is 16.9. The SMILES string of the molecule is C[C@@H](O)[C@H](NC(=O)[C@@H](N)CCCN=C(N)N)C(=O)NCC(=O)N[C@@H](CO)C(=O)N[C@@H](Cc1cnc[nH]1)C(=O)N[C@@H](CC(N)=O)C(=O)N[C@@H](CCC(N)=O)C(=O)O. The van der Waals surface area contributed by atoms with Crippen molar-refractivity contribution in [2.75, 3.05) is 19.7 Å². The molecule has 8 amide bonds. The molecular formula is C30H50N14O12. The summed E-state index contributed by atoms with van der Waals surface area (Å²) in [6, 6.07) is -9.38. The first-order valence-corrected chi connectivity index (χ1v) is 16.9. The van der Waals surface area contributed by atoms with Crippen LogP contribution < -0.4 is 60.6 Å². The summed E-state index contributed by atoms with van der Waals surface area (Å²) in [6.45, 7) is -0.451. The third kappa shape index (κ3) is 18.1. The van der Waals surface area contributed by atoms with Crippen LogP contribution in [0.2, 0.25) is 0 Å². The zero-order valence-corrected chi connectivity index (χ0v) is 30.4. The van der Waals surface area contributed by atoms with Crippen molar-refractivity contribution in [2.24, 2.45) is 33.7 Å². The number of aliphatic imine (C=N–C) groups is 1. The highest BCUT2D eigenvalue weighted by Crippen LogP contribution is 2.05. The van der Waals surface area contributed by atoms with Gasteiger partial charge in [-0.05, 0) is 26.2 Å². The predicted octanol–water partition coefficient (Wildman–Crippen LogP) is -8.53. The number of nitrogens with zero attached hydrogens (tertiary/aromatic N) is 2. The molecule has 312 valence electrons. The van der Waals surface area contributed by atoms with Crippen molar-refractivity contribution in [3.8, 4) is 0 Å². The van der Waals surface area contributed by atoms with Gasteiger partial charge in [0.05, 0.1) is 38.0 Å². The van der Waals surface area contributed by atoms with Gasteiger partial charge in [0.2, 0.25) is 47.3 Å². The molecule has 0 aromatic carbocycles. The number of aromatic nitrogens is 2. The van der Waals surface area contributed by atoms with Crippen LogP contribution >= 0.6 is 0 Å². The summed E-state index contributed by atoms with van der Waals surface area (Å²) < 4.78 is 0. The average molecular weight is 799 g/mol. The number of aliphatic carboxylic acids is 1. The largest absolute Gasteiger partial charge is 0.480 e. The maximum Gasteiger partial charge on any atom is 0.326 e. The number of carboxylic acids is 1. The number of aliphatic hydroxyl groups is 2. The molecule has 1 heterocycles. The van der Waals surface area contributed by atoms with Crippen LogP contribution in [0.1, 0.15) is 44.7 Å². The van der Waals surface area contributed by atoms with E-state index in [9.17, 15) is 58.5 Å². The summed E-state index contributed by atoms with van der Waals surface area (Å²) in [6.07, 6.45) is -0.435. The van der Waals surface area contributed by atoms with E-state index in [0.717, 1.165) is 0 Å². The van der Waals surface area contributed by atoms with Gasteiger partial charge in [-0.1, -0.05) is 0 Å². The van der Waals surface area contributed by atoms with E-state index in [1.807, 2.05) is 0 Å². The molecule has 56 heavy (non-hydrogen) atoms. The molecule has 0 unspecified atom stereocenters. The van der Waals surface area contributed by atoms with Gasteiger partial charge in [0, 0.05) is 31.3 Å². The molecule has 0 bridgehead atoms. The number of imidazole rings is 1. The maximum atomic E-state index is 13.4. The molecule has 0 aliphatic rings. The summed E-state index contributed by atoms with van der Waals surface area (Å²) >= 11 is 0. The number of nitrogens with two attached hydrogens (primary N) is 5. The fourth-order valence-corrected chi connectivity index (χ4v) is 4.63. The lowest BCUT2D eigenvalue weighted by molar-refractivity contribution is -0.142. The lowest BCUT2D eigenvalue weighted by Crippen LogP contribution is -2.60. The van der Waals surface area contributed by atoms with E-state index in [2.05, 4.69) is 46.9 Å². The number of hydrogen-bond acceptors (Lipinski definition) is 14. The van der Waals surface area contributed by atoms with Gasteiger partial charge in [0.1, 0.15) is 30.2 Å². The number of aliphatic hydroxyl groups excluding tert-OH is 2. The van der Waals surface area contributed by atoms with Gasteiger partial charge in [0.25, 0.3) is 0 Å². The van der Waals surface area contributed by atoms with Gasteiger partial charge < -0.3 is 80.9 Å². The minimum absolute atomic E-state index is 0.129. The van der Waals surface area contributed by atoms with Gasteiger partial charge in [-0.2, -0.15) is 0 Å². The van der Waals surface area contributed by atoms with Crippen LogP contribution in [0.3, 0.4) is 0 Å². The Balaban J connectivity index is 3.00. The number of hydrogen-bond donors (Lipinski definition) is 15. The van der Waals surface area contributed by atoms with Crippen molar-refractivity contribution in [2.45, 2.75) is 87.8 Å². The van der Waals surface area contributed by atoms with E-state index in [4.69, 9.17) is 28.7 Å². The maximum absolute atomic E-state index is 13.4. The molecular weight excluding hydrogens is 748 g/mol. The fraction of sp³-hybridized carbons (Fsp3) is 0.567. The highest BCUT2D eigenvalue weighted by molar-refractivity contribution is 5.97. The minimum Gasteiger partial charge on any atom is -0.480 e.